The van der Waals surface area contributed by atoms with Gasteiger partial charge in [-0.15, -0.1) is 0 Å². The van der Waals surface area contributed by atoms with E-state index in [2.05, 4.69) is 0 Å². The highest BCUT2D eigenvalue weighted by molar-refractivity contribution is 5.92. The van der Waals surface area contributed by atoms with Crippen molar-refractivity contribution in [2.75, 3.05) is 19.7 Å². The third-order valence-electron chi connectivity index (χ3n) is 4.23. The molecular formula is C16H20N2O3. The lowest BCUT2D eigenvalue weighted by Crippen LogP contribution is -2.49. The van der Waals surface area contributed by atoms with Gasteiger partial charge in [-0.25, -0.2) is 14.8 Å². The SMILES string of the molecule is CCOC(=O)N1CCCN1C(=O)C1(c2ccccc2)CC1. The molecule has 0 spiro atoms. The van der Waals surface area contributed by atoms with Gasteiger partial charge in [-0.05, 0) is 31.7 Å². The third kappa shape index (κ3) is 2.37. The fourth-order valence-electron chi connectivity index (χ4n) is 2.97. The van der Waals surface area contributed by atoms with E-state index in [1.165, 1.54) is 5.01 Å². The number of ether oxygens (including phenoxy) is 1. The van der Waals surface area contributed by atoms with Crippen LogP contribution >= 0.6 is 0 Å². The van der Waals surface area contributed by atoms with Crippen LogP contribution in [-0.2, 0) is 14.9 Å². The zero-order chi connectivity index (χ0) is 14.9. The Bertz CT molecular complexity index is 540. The molecule has 0 unspecified atom stereocenters. The van der Waals surface area contributed by atoms with Gasteiger partial charge in [-0.2, -0.15) is 0 Å². The zero-order valence-corrected chi connectivity index (χ0v) is 12.2. The van der Waals surface area contributed by atoms with Crippen LogP contribution in [0.3, 0.4) is 0 Å². The molecule has 3 rings (SSSR count). The summed E-state index contributed by atoms with van der Waals surface area (Å²) in [6.07, 6.45) is 2.08. The smallest absolute Gasteiger partial charge is 0.428 e. The summed E-state index contributed by atoms with van der Waals surface area (Å²) in [6.45, 7) is 3.23. The molecule has 1 saturated carbocycles. The average Bonchev–Trinajstić information content (AvgIpc) is 3.18. The molecule has 2 fully saturated rings. The third-order valence-corrected chi connectivity index (χ3v) is 4.23. The van der Waals surface area contributed by atoms with Gasteiger partial charge in [0.25, 0.3) is 5.91 Å². The van der Waals surface area contributed by atoms with Crippen LogP contribution in [0.5, 0.6) is 0 Å². The van der Waals surface area contributed by atoms with Crippen molar-refractivity contribution in [2.24, 2.45) is 0 Å². The van der Waals surface area contributed by atoms with Gasteiger partial charge < -0.3 is 4.74 Å². The van der Waals surface area contributed by atoms with E-state index in [1.54, 1.807) is 11.9 Å². The lowest BCUT2D eigenvalue weighted by molar-refractivity contribution is -0.144. The Balaban J connectivity index is 1.80. The number of hydrogen-bond acceptors (Lipinski definition) is 3. The van der Waals surface area contributed by atoms with Crippen LogP contribution in [-0.4, -0.2) is 41.7 Å². The maximum absolute atomic E-state index is 12.9. The standard InChI is InChI=1S/C16H20N2O3/c1-2-21-15(20)18-12-6-11-17(18)14(19)16(9-10-16)13-7-4-3-5-8-13/h3-5,7-8H,2,6,9-12H2,1H3. The number of carbonyl (C=O) groups excluding carboxylic acids is 2. The van der Waals surface area contributed by atoms with Gasteiger partial charge in [0.05, 0.1) is 12.0 Å². The quantitative estimate of drug-likeness (QED) is 0.857. The van der Waals surface area contributed by atoms with Crippen LogP contribution in [0.4, 0.5) is 4.79 Å². The molecule has 1 aliphatic carbocycles. The summed E-state index contributed by atoms with van der Waals surface area (Å²) >= 11 is 0. The van der Waals surface area contributed by atoms with Crippen molar-refractivity contribution in [3.63, 3.8) is 0 Å². The summed E-state index contributed by atoms with van der Waals surface area (Å²) in [6, 6.07) is 9.85. The van der Waals surface area contributed by atoms with Gasteiger partial charge in [-0.1, -0.05) is 30.3 Å². The van der Waals surface area contributed by atoms with Crippen molar-refractivity contribution in [3.05, 3.63) is 35.9 Å². The Hall–Kier alpha value is -2.04. The first-order chi connectivity index (χ1) is 10.2. The number of hydrogen-bond donors (Lipinski definition) is 0. The molecular weight excluding hydrogens is 268 g/mol. The second-order valence-corrected chi connectivity index (χ2v) is 5.55. The first kappa shape index (κ1) is 13.9. The van der Waals surface area contributed by atoms with Crippen LogP contribution in [0.2, 0.25) is 0 Å². The summed E-state index contributed by atoms with van der Waals surface area (Å²) in [5, 5.41) is 3.03. The van der Waals surface area contributed by atoms with Gasteiger partial charge >= 0.3 is 6.09 Å². The molecule has 1 saturated heterocycles. The predicted octanol–water partition coefficient (Wildman–Crippen LogP) is 2.32. The lowest BCUT2D eigenvalue weighted by atomic mass is 9.95. The Morgan fingerprint density at radius 2 is 1.81 bits per heavy atom. The van der Waals surface area contributed by atoms with Crippen molar-refractivity contribution in [2.45, 2.75) is 31.6 Å². The van der Waals surface area contributed by atoms with E-state index in [-0.39, 0.29) is 5.91 Å². The molecule has 21 heavy (non-hydrogen) atoms. The van der Waals surface area contributed by atoms with Crippen LogP contribution in [0.25, 0.3) is 0 Å². The van der Waals surface area contributed by atoms with E-state index in [1.807, 2.05) is 30.3 Å². The van der Waals surface area contributed by atoms with Gasteiger partial charge in [0, 0.05) is 13.1 Å². The Labute approximate surface area is 124 Å². The molecule has 1 aromatic carbocycles. The molecule has 0 atom stereocenters. The molecule has 0 N–H and O–H groups in total. The van der Waals surface area contributed by atoms with Crippen molar-refractivity contribution >= 4 is 12.0 Å². The van der Waals surface area contributed by atoms with Crippen LogP contribution in [0.15, 0.2) is 30.3 Å². The molecule has 5 heteroatoms. The highest BCUT2D eigenvalue weighted by atomic mass is 16.6. The van der Waals surface area contributed by atoms with E-state index >= 15 is 0 Å². The average molecular weight is 288 g/mol. The molecule has 5 nitrogen and oxygen atoms in total. The van der Waals surface area contributed by atoms with Crippen LogP contribution < -0.4 is 0 Å². The Morgan fingerprint density at radius 1 is 1.14 bits per heavy atom. The number of benzene rings is 1. The monoisotopic (exact) mass is 288 g/mol. The molecule has 112 valence electrons. The number of carbonyl (C=O) groups is 2. The first-order valence-electron chi connectivity index (χ1n) is 7.51. The van der Waals surface area contributed by atoms with Crippen LogP contribution in [0, 0.1) is 0 Å². The van der Waals surface area contributed by atoms with Crippen molar-refractivity contribution in [1.29, 1.82) is 0 Å². The fraction of sp³-hybridized carbons (Fsp3) is 0.500. The van der Waals surface area contributed by atoms with Gasteiger partial charge in [0.15, 0.2) is 0 Å². The molecule has 0 bridgehead atoms. The summed E-state index contributed by atoms with van der Waals surface area (Å²) in [5.41, 5.74) is 0.613. The minimum atomic E-state index is -0.434. The zero-order valence-electron chi connectivity index (χ0n) is 12.2. The van der Waals surface area contributed by atoms with E-state index in [0.717, 1.165) is 24.8 Å². The number of nitrogens with zero attached hydrogens (tertiary/aromatic N) is 2. The minimum absolute atomic E-state index is 0.0271. The molecule has 2 amide bonds. The van der Waals surface area contributed by atoms with Crippen molar-refractivity contribution in [1.82, 2.24) is 10.0 Å². The van der Waals surface area contributed by atoms with Crippen molar-refractivity contribution < 1.29 is 14.3 Å². The van der Waals surface area contributed by atoms with Gasteiger partial charge in [0.1, 0.15) is 0 Å². The normalized spacial score (nSPS) is 19.5. The fourth-order valence-corrected chi connectivity index (χ4v) is 2.97. The summed E-state index contributed by atoms with van der Waals surface area (Å²) in [7, 11) is 0. The van der Waals surface area contributed by atoms with Crippen molar-refractivity contribution in [3.8, 4) is 0 Å². The Kier molecular flexibility index (Phi) is 3.57. The second kappa shape index (κ2) is 5.39. The predicted molar refractivity (Wildman–Crippen MR) is 77.4 cm³/mol. The molecule has 1 heterocycles. The number of amides is 2. The molecule has 2 aliphatic rings. The first-order valence-corrected chi connectivity index (χ1v) is 7.51. The minimum Gasteiger partial charge on any atom is -0.448 e. The Morgan fingerprint density at radius 3 is 2.43 bits per heavy atom. The second-order valence-electron chi connectivity index (χ2n) is 5.55. The van der Waals surface area contributed by atoms with E-state index < -0.39 is 11.5 Å². The molecule has 0 radical (unpaired) electrons. The van der Waals surface area contributed by atoms with Crippen LogP contribution in [0.1, 0.15) is 31.7 Å². The largest absolute Gasteiger partial charge is 0.448 e. The summed E-state index contributed by atoms with van der Waals surface area (Å²) in [5.74, 6) is 0.0271. The number of rotatable bonds is 3. The van der Waals surface area contributed by atoms with E-state index in [0.29, 0.717) is 19.7 Å². The van der Waals surface area contributed by atoms with Gasteiger partial charge in [-0.3, -0.25) is 4.79 Å². The maximum atomic E-state index is 12.9. The topological polar surface area (TPSA) is 49.9 Å². The summed E-state index contributed by atoms with van der Waals surface area (Å²) < 4.78 is 5.04. The van der Waals surface area contributed by atoms with E-state index in [9.17, 15) is 9.59 Å². The lowest BCUT2D eigenvalue weighted by Gasteiger charge is -2.30. The maximum Gasteiger partial charge on any atom is 0.428 e. The highest BCUT2D eigenvalue weighted by Gasteiger charge is 2.55. The summed E-state index contributed by atoms with van der Waals surface area (Å²) in [4.78, 5) is 24.9. The highest BCUT2D eigenvalue weighted by Crippen LogP contribution is 2.50. The molecule has 0 aromatic heterocycles. The van der Waals surface area contributed by atoms with Gasteiger partial charge in [0.2, 0.25) is 0 Å². The van der Waals surface area contributed by atoms with E-state index in [4.69, 9.17) is 4.74 Å². The molecule has 1 aromatic rings. The number of hydrazine groups is 1. The molecule has 1 aliphatic heterocycles.